The van der Waals surface area contributed by atoms with Gasteiger partial charge in [-0.1, -0.05) is 36.4 Å². The van der Waals surface area contributed by atoms with Gasteiger partial charge in [0.1, 0.15) is 5.75 Å². The topological polar surface area (TPSA) is 41.6 Å². The molecule has 0 saturated heterocycles. The zero-order valence-corrected chi connectivity index (χ0v) is 14.3. The Morgan fingerprint density at radius 3 is 2.48 bits per heavy atom. The average Bonchev–Trinajstić information content (AvgIpc) is 2.58. The molecular formula is C19H22F2N2O2. The van der Waals surface area contributed by atoms with Gasteiger partial charge in [-0.2, -0.15) is 8.78 Å². The number of hydrogen-bond acceptors (Lipinski definition) is 2. The fraction of sp³-hybridized carbons (Fsp3) is 0.316. The first kappa shape index (κ1) is 18.7. The number of nitrogens with one attached hydrogen (secondary N) is 1. The molecule has 6 heteroatoms. The minimum absolute atomic E-state index is 0.126. The molecule has 0 bridgehead atoms. The number of halogens is 2. The summed E-state index contributed by atoms with van der Waals surface area (Å²) in [4.78, 5) is 13.8. The Bertz CT molecular complexity index is 690. The SMILES string of the molecule is Cc1ccccc1CN(C)C(=O)NCCc1ccc(OC(F)F)cc1. The number of carbonyl (C=O) groups excluding carboxylic acids is 1. The summed E-state index contributed by atoms with van der Waals surface area (Å²) in [5, 5.41) is 2.85. The molecule has 1 N–H and O–H groups in total. The number of carbonyl (C=O) groups is 1. The van der Waals surface area contributed by atoms with E-state index in [9.17, 15) is 13.6 Å². The predicted octanol–water partition coefficient (Wildman–Crippen LogP) is 3.98. The minimum atomic E-state index is -2.83. The van der Waals surface area contributed by atoms with E-state index in [2.05, 4.69) is 10.1 Å². The van der Waals surface area contributed by atoms with Crippen LogP contribution in [-0.4, -0.2) is 31.1 Å². The lowest BCUT2D eigenvalue weighted by Gasteiger charge is -2.19. The molecule has 0 aromatic heterocycles. The molecule has 0 aliphatic carbocycles. The Kier molecular flexibility index (Phi) is 6.74. The van der Waals surface area contributed by atoms with Gasteiger partial charge in [0.05, 0.1) is 0 Å². The van der Waals surface area contributed by atoms with Gasteiger partial charge in [-0.25, -0.2) is 4.79 Å². The third-order valence-corrected chi connectivity index (χ3v) is 3.85. The monoisotopic (exact) mass is 348 g/mol. The summed E-state index contributed by atoms with van der Waals surface area (Å²) in [7, 11) is 1.75. The fourth-order valence-corrected chi connectivity index (χ4v) is 2.40. The predicted molar refractivity (Wildman–Crippen MR) is 92.8 cm³/mol. The van der Waals surface area contributed by atoms with Crippen LogP contribution in [0, 0.1) is 6.92 Å². The van der Waals surface area contributed by atoms with Gasteiger partial charge < -0.3 is 15.0 Å². The van der Waals surface area contributed by atoms with Crippen molar-refractivity contribution in [1.29, 1.82) is 0 Å². The first-order valence-electron chi connectivity index (χ1n) is 8.03. The van der Waals surface area contributed by atoms with Gasteiger partial charge in [0.2, 0.25) is 0 Å². The molecule has 0 atom stereocenters. The van der Waals surface area contributed by atoms with Crippen LogP contribution >= 0.6 is 0 Å². The highest BCUT2D eigenvalue weighted by molar-refractivity contribution is 5.73. The summed E-state index contributed by atoms with van der Waals surface area (Å²) in [6, 6.07) is 14.2. The number of urea groups is 1. The lowest BCUT2D eigenvalue weighted by Crippen LogP contribution is -2.37. The van der Waals surface area contributed by atoms with Crippen molar-refractivity contribution >= 4 is 6.03 Å². The molecule has 2 rings (SSSR count). The minimum Gasteiger partial charge on any atom is -0.435 e. The highest BCUT2D eigenvalue weighted by Gasteiger charge is 2.09. The summed E-state index contributed by atoms with van der Waals surface area (Å²) < 4.78 is 28.5. The highest BCUT2D eigenvalue weighted by Crippen LogP contribution is 2.15. The van der Waals surface area contributed by atoms with Crippen molar-refractivity contribution in [1.82, 2.24) is 10.2 Å². The molecule has 0 fully saturated rings. The van der Waals surface area contributed by atoms with E-state index in [0.29, 0.717) is 19.5 Å². The van der Waals surface area contributed by atoms with Crippen LogP contribution in [0.3, 0.4) is 0 Å². The molecular weight excluding hydrogens is 326 g/mol. The smallest absolute Gasteiger partial charge is 0.387 e. The molecule has 0 radical (unpaired) electrons. The fourth-order valence-electron chi connectivity index (χ4n) is 2.40. The third kappa shape index (κ3) is 6.06. The van der Waals surface area contributed by atoms with Crippen molar-refractivity contribution in [2.24, 2.45) is 0 Å². The van der Waals surface area contributed by atoms with Crippen LogP contribution < -0.4 is 10.1 Å². The first-order valence-corrected chi connectivity index (χ1v) is 8.03. The molecule has 25 heavy (non-hydrogen) atoms. The van der Waals surface area contributed by atoms with Gasteiger partial charge in [-0.3, -0.25) is 0 Å². The molecule has 0 saturated carbocycles. The highest BCUT2D eigenvalue weighted by atomic mass is 19.3. The number of benzene rings is 2. The average molecular weight is 348 g/mol. The largest absolute Gasteiger partial charge is 0.435 e. The molecule has 0 aliphatic heterocycles. The normalized spacial score (nSPS) is 10.6. The van der Waals surface area contributed by atoms with Crippen LogP contribution in [0.2, 0.25) is 0 Å². The van der Waals surface area contributed by atoms with Gasteiger partial charge in [-0.15, -0.1) is 0 Å². The van der Waals surface area contributed by atoms with E-state index in [1.54, 1.807) is 24.1 Å². The molecule has 2 aromatic carbocycles. The zero-order valence-electron chi connectivity index (χ0n) is 14.3. The van der Waals surface area contributed by atoms with Crippen molar-refractivity contribution in [2.45, 2.75) is 26.5 Å². The summed E-state index contributed by atoms with van der Waals surface area (Å²) in [5.74, 6) is 0.126. The molecule has 2 aromatic rings. The van der Waals surface area contributed by atoms with Gasteiger partial charge >= 0.3 is 12.6 Å². The summed E-state index contributed by atoms with van der Waals surface area (Å²) in [5.41, 5.74) is 3.19. The van der Waals surface area contributed by atoms with E-state index < -0.39 is 6.61 Å². The van der Waals surface area contributed by atoms with E-state index >= 15 is 0 Å². The molecule has 0 aliphatic rings. The second-order valence-corrected chi connectivity index (χ2v) is 5.79. The van der Waals surface area contributed by atoms with Gasteiger partial charge in [-0.05, 0) is 42.2 Å². The number of aryl methyl sites for hydroxylation is 1. The third-order valence-electron chi connectivity index (χ3n) is 3.85. The van der Waals surface area contributed by atoms with E-state index in [-0.39, 0.29) is 11.8 Å². The molecule has 0 unspecified atom stereocenters. The van der Waals surface area contributed by atoms with E-state index in [1.165, 1.54) is 12.1 Å². The Balaban J connectivity index is 1.77. The number of rotatable bonds is 7. The van der Waals surface area contributed by atoms with Crippen LogP contribution in [0.4, 0.5) is 13.6 Å². The van der Waals surface area contributed by atoms with E-state index in [1.807, 2.05) is 31.2 Å². The molecule has 4 nitrogen and oxygen atoms in total. The van der Waals surface area contributed by atoms with Crippen LogP contribution in [-0.2, 0) is 13.0 Å². The Morgan fingerprint density at radius 2 is 1.84 bits per heavy atom. The van der Waals surface area contributed by atoms with Crippen LogP contribution in [0.25, 0.3) is 0 Å². The zero-order chi connectivity index (χ0) is 18.2. The number of ether oxygens (including phenoxy) is 1. The van der Waals surface area contributed by atoms with Gasteiger partial charge in [0, 0.05) is 20.1 Å². The lowest BCUT2D eigenvalue weighted by atomic mass is 10.1. The Labute approximate surface area is 146 Å². The van der Waals surface area contributed by atoms with Crippen molar-refractivity contribution in [3.05, 3.63) is 65.2 Å². The second kappa shape index (κ2) is 9.01. The maximum atomic E-state index is 12.1. The van der Waals surface area contributed by atoms with Crippen molar-refractivity contribution < 1.29 is 18.3 Å². The van der Waals surface area contributed by atoms with Gasteiger partial charge in [0.15, 0.2) is 0 Å². The maximum absolute atomic E-state index is 12.1. The first-order chi connectivity index (χ1) is 12.0. The molecule has 0 spiro atoms. The lowest BCUT2D eigenvalue weighted by molar-refractivity contribution is -0.0498. The summed E-state index contributed by atoms with van der Waals surface area (Å²) in [6.45, 7) is 0.195. The number of nitrogens with zero attached hydrogens (tertiary/aromatic N) is 1. The summed E-state index contributed by atoms with van der Waals surface area (Å²) >= 11 is 0. The molecule has 0 heterocycles. The number of hydrogen-bond donors (Lipinski definition) is 1. The molecule has 134 valence electrons. The van der Waals surface area contributed by atoms with Crippen LogP contribution in [0.1, 0.15) is 16.7 Å². The van der Waals surface area contributed by atoms with E-state index in [4.69, 9.17) is 0 Å². The number of alkyl halides is 2. The Morgan fingerprint density at radius 1 is 1.16 bits per heavy atom. The van der Waals surface area contributed by atoms with Crippen molar-refractivity contribution in [3.63, 3.8) is 0 Å². The van der Waals surface area contributed by atoms with Crippen molar-refractivity contribution in [3.8, 4) is 5.75 Å². The maximum Gasteiger partial charge on any atom is 0.387 e. The second-order valence-electron chi connectivity index (χ2n) is 5.79. The summed E-state index contributed by atoms with van der Waals surface area (Å²) in [6.07, 6.45) is 0.610. The van der Waals surface area contributed by atoms with Crippen molar-refractivity contribution in [2.75, 3.05) is 13.6 Å². The quantitative estimate of drug-likeness (QED) is 0.822. The van der Waals surface area contributed by atoms with Gasteiger partial charge in [0.25, 0.3) is 0 Å². The van der Waals surface area contributed by atoms with Crippen LogP contribution in [0.15, 0.2) is 48.5 Å². The van der Waals surface area contributed by atoms with E-state index in [0.717, 1.165) is 16.7 Å². The van der Waals surface area contributed by atoms with Crippen LogP contribution in [0.5, 0.6) is 5.75 Å². The number of amides is 2. The standard InChI is InChI=1S/C19H22F2N2O2/c1-14-5-3-4-6-16(14)13-23(2)19(24)22-12-11-15-7-9-17(10-8-15)25-18(20)21/h3-10,18H,11-13H2,1-2H3,(H,22,24). The Hall–Kier alpha value is -2.63. The molecule has 2 amide bonds.